The first-order valence-corrected chi connectivity index (χ1v) is 8.78. The molecule has 0 aliphatic heterocycles. The van der Waals surface area contributed by atoms with Crippen LogP contribution in [0.25, 0.3) is 22.0 Å². The Bertz CT molecular complexity index is 1150. The molecule has 0 bridgehead atoms. The van der Waals surface area contributed by atoms with Crippen LogP contribution in [0.1, 0.15) is 16.1 Å². The van der Waals surface area contributed by atoms with E-state index in [1.165, 1.54) is 0 Å². The molecule has 2 aromatic heterocycles. The Morgan fingerprint density at radius 1 is 1.12 bits per heavy atom. The van der Waals surface area contributed by atoms with Crippen LogP contribution in [-0.2, 0) is 0 Å². The molecule has 4 aromatic rings. The first-order chi connectivity index (χ1) is 12.5. The lowest BCUT2D eigenvalue weighted by atomic mass is 10.2. The molecular formula is C20H15BrN2O3. The van der Waals surface area contributed by atoms with Crippen molar-refractivity contribution in [3.8, 4) is 5.75 Å². The van der Waals surface area contributed by atoms with Gasteiger partial charge in [-0.2, -0.15) is 0 Å². The van der Waals surface area contributed by atoms with E-state index in [0.717, 1.165) is 32.1 Å². The van der Waals surface area contributed by atoms with Crippen molar-refractivity contribution < 1.29 is 13.9 Å². The largest absolute Gasteiger partial charge is 0.497 e. The number of nitrogens with one attached hydrogen (secondary N) is 1. The summed E-state index contributed by atoms with van der Waals surface area (Å²) in [6, 6.07) is 14.9. The number of fused-ring (bicyclic) bond motifs is 2. The number of furan rings is 1. The first-order valence-electron chi connectivity index (χ1n) is 7.99. The number of anilines is 1. The molecule has 0 saturated carbocycles. The molecular weight excluding hydrogens is 396 g/mol. The van der Waals surface area contributed by atoms with E-state index in [-0.39, 0.29) is 11.7 Å². The van der Waals surface area contributed by atoms with Gasteiger partial charge in [0.1, 0.15) is 5.75 Å². The fourth-order valence-electron chi connectivity index (χ4n) is 2.76. The second kappa shape index (κ2) is 6.46. The predicted octanol–water partition coefficient (Wildman–Crippen LogP) is 5.31. The lowest BCUT2D eigenvalue weighted by Crippen LogP contribution is -2.11. The summed E-state index contributed by atoms with van der Waals surface area (Å²) < 4.78 is 11.7. The van der Waals surface area contributed by atoms with Crippen molar-refractivity contribution in [2.24, 2.45) is 0 Å². The van der Waals surface area contributed by atoms with Gasteiger partial charge in [-0.1, -0.05) is 6.07 Å². The Morgan fingerprint density at radius 2 is 1.96 bits per heavy atom. The molecule has 0 aliphatic rings. The van der Waals surface area contributed by atoms with E-state index in [9.17, 15) is 4.79 Å². The zero-order valence-electron chi connectivity index (χ0n) is 14.2. The number of carbonyl (C=O) groups is 1. The molecule has 26 heavy (non-hydrogen) atoms. The molecule has 0 fully saturated rings. The van der Waals surface area contributed by atoms with E-state index in [2.05, 4.69) is 26.2 Å². The van der Waals surface area contributed by atoms with Crippen molar-refractivity contribution in [3.05, 3.63) is 64.3 Å². The summed E-state index contributed by atoms with van der Waals surface area (Å²) in [6.07, 6.45) is 0. The number of nitrogens with zero attached hydrogens (tertiary/aromatic N) is 1. The Morgan fingerprint density at radius 3 is 2.73 bits per heavy atom. The fraction of sp³-hybridized carbons (Fsp3) is 0.100. The molecule has 1 amide bonds. The average Bonchev–Trinajstić information content (AvgIpc) is 3.04. The average molecular weight is 411 g/mol. The highest BCUT2D eigenvalue weighted by Gasteiger charge is 2.15. The van der Waals surface area contributed by atoms with Gasteiger partial charge in [-0.3, -0.25) is 4.79 Å². The smallest absolute Gasteiger partial charge is 0.291 e. The minimum atomic E-state index is -0.325. The third-order valence-corrected chi connectivity index (χ3v) is 4.76. The van der Waals surface area contributed by atoms with Gasteiger partial charge in [-0.25, -0.2) is 4.98 Å². The lowest BCUT2D eigenvalue weighted by molar-refractivity contribution is 0.0998. The molecule has 5 nitrogen and oxygen atoms in total. The number of hydrogen-bond acceptors (Lipinski definition) is 4. The summed E-state index contributed by atoms with van der Waals surface area (Å²) in [5, 5.41) is 4.53. The van der Waals surface area contributed by atoms with Gasteiger partial charge in [-0.15, -0.1) is 0 Å². The summed E-state index contributed by atoms with van der Waals surface area (Å²) >= 11 is 3.46. The van der Waals surface area contributed by atoms with Crippen molar-refractivity contribution in [1.29, 1.82) is 0 Å². The number of pyridine rings is 1. The Labute approximate surface area is 158 Å². The molecule has 2 aromatic carbocycles. The van der Waals surface area contributed by atoms with Crippen molar-refractivity contribution in [2.45, 2.75) is 6.92 Å². The van der Waals surface area contributed by atoms with E-state index in [1.54, 1.807) is 13.2 Å². The zero-order chi connectivity index (χ0) is 18.3. The fourth-order valence-corrected chi connectivity index (χ4v) is 3.35. The highest BCUT2D eigenvalue weighted by molar-refractivity contribution is 9.10. The molecule has 6 heteroatoms. The van der Waals surface area contributed by atoms with Crippen LogP contribution in [0.15, 0.2) is 57.4 Å². The molecule has 0 atom stereocenters. The number of amides is 1. The Hall–Kier alpha value is -2.86. The minimum Gasteiger partial charge on any atom is -0.497 e. The maximum Gasteiger partial charge on any atom is 0.291 e. The predicted molar refractivity (Wildman–Crippen MR) is 105 cm³/mol. The number of hydrogen-bond donors (Lipinski definition) is 1. The second-order valence-corrected chi connectivity index (χ2v) is 6.84. The second-order valence-electron chi connectivity index (χ2n) is 5.99. The summed E-state index contributed by atoms with van der Waals surface area (Å²) in [4.78, 5) is 17.0. The van der Waals surface area contributed by atoms with Gasteiger partial charge < -0.3 is 14.5 Å². The quantitative estimate of drug-likeness (QED) is 0.496. The highest BCUT2D eigenvalue weighted by atomic mass is 79.9. The molecule has 2 heterocycles. The van der Waals surface area contributed by atoms with Gasteiger partial charge in [-0.05, 0) is 70.9 Å². The molecule has 1 N–H and O–H groups in total. The number of halogens is 1. The van der Waals surface area contributed by atoms with Gasteiger partial charge in [0.25, 0.3) is 5.91 Å². The number of rotatable bonds is 3. The summed E-state index contributed by atoms with van der Waals surface area (Å²) in [5.74, 6) is 0.640. The first kappa shape index (κ1) is 16.6. The van der Waals surface area contributed by atoms with E-state index in [4.69, 9.17) is 9.15 Å². The molecule has 0 unspecified atom stereocenters. The van der Waals surface area contributed by atoms with E-state index in [1.807, 2.05) is 49.4 Å². The Balaban J connectivity index is 1.69. The van der Waals surface area contributed by atoms with Crippen LogP contribution < -0.4 is 10.1 Å². The number of aryl methyl sites for hydroxylation is 1. The Kier molecular flexibility index (Phi) is 4.12. The molecule has 130 valence electrons. The number of benzene rings is 2. The van der Waals surface area contributed by atoms with E-state index in [0.29, 0.717) is 11.4 Å². The van der Waals surface area contributed by atoms with Gasteiger partial charge in [0.2, 0.25) is 5.71 Å². The molecule has 0 saturated heterocycles. The van der Waals surface area contributed by atoms with Crippen LogP contribution in [0.2, 0.25) is 0 Å². The van der Waals surface area contributed by atoms with Crippen LogP contribution in [0.5, 0.6) is 5.75 Å². The van der Waals surface area contributed by atoms with Crippen LogP contribution in [-0.4, -0.2) is 18.0 Å². The molecule has 0 radical (unpaired) electrons. The normalized spacial score (nSPS) is 11.0. The van der Waals surface area contributed by atoms with Crippen molar-refractivity contribution in [1.82, 2.24) is 4.98 Å². The topological polar surface area (TPSA) is 64.4 Å². The monoisotopic (exact) mass is 410 g/mol. The van der Waals surface area contributed by atoms with Gasteiger partial charge in [0, 0.05) is 15.2 Å². The van der Waals surface area contributed by atoms with E-state index >= 15 is 0 Å². The number of carbonyl (C=O) groups excluding carboxylic acids is 1. The minimum absolute atomic E-state index is 0.210. The van der Waals surface area contributed by atoms with Crippen molar-refractivity contribution in [3.63, 3.8) is 0 Å². The number of ether oxygens (including phenoxy) is 1. The maximum absolute atomic E-state index is 12.5. The standard InChI is InChI=1S/C20H15BrN2O3/c1-11-3-5-17(15(21)7-11)22-19(24)18-10-13-8-12-9-14(25-2)4-6-16(12)23-20(13)26-18/h3-10H,1-2H3,(H,22,24). The van der Waals surface area contributed by atoms with Crippen LogP contribution in [0, 0.1) is 6.92 Å². The van der Waals surface area contributed by atoms with Crippen LogP contribution in [0.4, 0.5) is 5.69 Å². The number of methoxy groups -OCH3 is 1. The van der Waals surface area contributed by atoms with Gasteiger partial charge >= 0.3 is 0 Å². The third-order valence-electron chi connectivity index (χ3n) is 4.10. The van der Waals surface area contributed by atoms with Crippen LogP contribution in [0.3, 0.4) is 0 Å². The van der Waals surface area contributed by atoms with Crippen molar-refractivity contribution >= 4 is 49.5 Å². The molecule has 4 rings (SSSR count). The molecule has 0 spiro atoms. The van der Waals surface area contributed by atoms with Crippen LogP contribution >= 0.6 is 15.9 Å². The number of aromatic nitrogens is 1. The molecule has 0 aliphatic carbocycles. The third kappa shape index (κ3) is 3.04. The SMILES string of the molecule is COc1ccc2nc3oc(C(=O)Nc4ccc(C)cc4Br)cc3cc2c1. The van der Waals surface area contributed by atoms with Crippen molar-refractivity contribution in [2.75, 3.05) is 12.4 Å². The highest BCUT2D eigenvalue weighted by Crippen LogP contribution is 2.27. The zero-order valence-corrected chi connectivity index (χ0v) is 15.8. The lowest BCUT2D eigenvalue weighted by Gasteiger charge is -2.06. The van der Waals surface area contributed by atoms with E-state index < -0.39 is 0 Å². The summed E-state index contributed by atoms with van der Waals surface area (Å²) in [5.41, 5.74) is 2.99. The maximum atomic E-state index is 12.5. The summed E-state index contributed by atoms with van der Waals surface area (Å²) in [6.45, 7) is 1.99. The van der Waals surface area contributed by atoms with Gasteiger partial charge in [0.15, 0.2) is 5.76 Å². The van der Waals surface area contributed by atoms with Gasteiger partial charge in [0.05, 0.1) is 18.3 Å². The summed E-state index contributed by atoms with van der Waals surface area (Å²) in [7, 11) is 1.62.